The van der Waals surface area contributed by atoms with Crippen LogP contribution in [0, 0.1) is 42.9 Å². The molecule has 10 rings (SSSR count). The van der Waals surface area contributed by atoms with E-state index in [0.29, 0.717) is 51.5 Å². The van der Waals surface area contributed by atoms with Crippen LogP contribution in [-0.4, -0.2) is 39.1 Å². The Labute approximate surface area is 620 Å². The zero-order chi connectivity index (χ0) is 74.2. The van der Waals surface area contributed by atoms with Gasteiger partial charge in [-0.15, -0.1) is 8.07 Å². The van der Waals surface area contributed by atoms with Gasteiger partial charge in [-0.2, -0.15) is 0 Å². The van der Waals surface area contributed by atoms with Gasteiger partial charge in [-0.05, 0) is 194 Å². The smallest absolute Gasteiger partial charge is 0.147 e. The first-order valence-corrected chi connectivity index (χ1v) is 39.6. The van der Waals surface area contributed by atoms with Gasteiger partial charge in [0.15, 0.2) is 0 Å². The summed E-state index contributed by atoms with van der Waals surface area (Å²) >= 11 is 0. The van der Waals surface area contributed by atoms with Crippen LogP contribution in [0.5, 0.6) is 23.0 Å². The van der Waals surface area contributed by atoms with Gasteiger partial charge in [-0.3, -0.25) is 0 Å². The molecular formula is C90H119F2N2O4ScSi-. The summed E-state index contributed by atoms with van der Waals surface area (Å²) in [5.74, 6) is -0.0995. The molecule has 1 radical (unpaired) electrons. The van der Waals surface area contributed by atoms with E-state index in [2.05, 4.69) is 286 Å². The molecule has 3 N–H and O–H groups in total. The minimum Gasteiger partial charge on any atom is -0.507 e. The summed E-state index contributed by atoms with van der Waals surface area (Å²) in [6.07, 6.45) is 3.68. The van der Waals surface area contributed by atoms with E-state index in [-0.39, 0.29) is 97.8 Å². The van der Waals surface area contributed by atoms with Crippen LogP contribution >= 0.6 is 0 Å². The standard InChI is InChI=1S/C45H58FNO2.C41H50FNO2.C4H11Si.Sc/c1-14-15-20-49-41-28(2)21-32(46)26-36(41)35-22-31(45(12,13)27-42(3,4)5)25-39(40(35)48)47-37-23-29(43(6,7)8)16-18-33(37)34-19-17-30(24-38(34)47)44(9,10)11;1-24-17-28(42)22-32(36(24)44)31-18-27(41(11,12)23-38(2,3)4)21-35(37(31)45)43-33-19-25(39(5,6)7)13-15-29(33)30-16-14-26(20-34(30)43)40(8,9)10;1-5(2,3)4;/h16-19,21-26,48H,14-15,20,27H2,1-13H3;13-22,44-45H,23H2,1-12H3;1H2,2-4H3;/q;;-1;. The minimum absolute atomic E-state index is 0. The van der Waals surface area contributed by atoms with Crippen LogP contribution in [0.3, 0.4) is 0 Å². The number of phenolic OH excluding ortho intramolecular Hbond substituents is 3. The Morgan fingerprint density at radius 2 is 0.690 bits per heavy atom. The monoisotopic (exact) mass is 1400 g/mol. The third-order valence-electron chi connectivity index (χ3n) is 19.0. The zero-order valence-corrected chi connectivity index (χ0v) is 69.1. The van der Waals surface area contributed by atoms with Gasteiger partial charge in [-0.25, -0.2) is 8.78 Å². The molecule has 0 unspecified atom stereocenters. The predicted octanol–water partition coefficient (Wildman–Crippen LogP) is 26.4. The topological polar surface area (TPSA) is 79.8 Å². The molecule has 0 bridgehead atoms. The number of hydrogen-bond acceptors (Lipinski definition) is 4. The zero-order valence-electron chi connectivity index (χ0n) is 66.3. The fourth-order valence-corrected chi connectivity index (χ4v) is 14.4. The molecule has 0 aliphatic carbocycles. The molecule has 0 fully saturated rings. The van der Waals surface area contributed by atoms with Gasteiger partial charge >= 0.3 is 0 Å². The summed E-state index contributed by atoms with van der Waals surface area (Å²) in [5.41, 5.74) is 14.5. The second-order valence-corrected chi connectivity index (χ2v) is 42.7. The summed E-state index contributed by atoms with van der Waals surface area (Å²) in [6, 6.07) is 40.7. The SMILES string of the molecule is CCCCOc1c(C)cc(F)cc1-c1cc(C(C)(C)CC(C)(C)C)cc(-n2c3cc(C(C)(C)C)ccc3c3ccc(C(C)(C)C)cc32)c1O.Cc1cc(F)cc(-c2cc(C(C)(C)CC(C)(C)C)cc(-n3c4cc(C(C)(C)C)ccc4c4ccc(C(C)(C)C)cc43)c2O)c1O.[CH2-][Si](C)(C)C.[Sc]. The Morgan fingerprint density at radius 3 is 0.990 bits per heavy atom. The van der Waals surface area contributed by atoms with Crippen molar-refractivity contribution in [1.82, 2.24) is 9.13 Å². The van der Waals surface area contributed by atoms with Gasteiger partial charge in [-0.1, -0.05) is 234 Å². The first kappa shape index (κ1) is 80.8. The van der Waals surface area contributed by atoms with E-state index in [1.807, 2.05) is 13.0 Å². The molecule has 10 aromatic rings. The van der Waals surface area contributed by atoms with Crippen molar-refractivity contribution in [3.05, 3.63) is 184 Å². The van der Waals surface area contributed by atoms with Crippen LogP contribution in [0.1, 0.15) is 229 Å². The minimum atomic E-state index is -0.861. The average molecular weight is 1400 g/mol. The summed E-state index contributed by atoms with van der Waals surface area (Å²) in [6.45, 7) is 65.9. The normalized spacial score (nSPS) is 13.0. The van der Waals surface area contributed by atoms with Crippen LogP contribution in [0.2, 0.25) is 19.6 Å². The number of ether oxygens (including phenoxy) is 1. The molecule has 100 heavy (non-hydrogen) atoms. The molecule has 2 aromatic heterocycles. The van der Waals surface area contributed by atoms with Crippen molar-refractivity contribution < 1.29 is 54.7 Å². The largest absolute Gasteiger partial charge is 0.507 e. The number of aromatic hydroxyl groups is 3. The van der Waals surface area contributed by atoms with E-state index in [1.165, 1.54) is 46.5 Å². The maximum absolute atomic E-state index is 15.3. The molecule has 0 atom stereocenters. The second-order valence-electron chi connectivity index (χ2n) is 37.6. The van der Waals surface area contributed by atoms with Gasteiger partial charge < -0.3 is 35.7 Å². The number of rotatable bonds is 12. The first-order chi connectivity index (χ1) is 45.2. The number of aromatic nitrogens is 2. The molecular weight excluding hydrogens is 1280 g/mol. The number of aryl methyl sites for hydroxylation is 2. The van der Waals surface area contributed by atoms with Crippen molar-refractivity contribution >= 4 is 51.7 Å². The Bertz CT molecular complexity index is 4500. The van der Waals surface area contributed by atoms with Crippen molar-refractivity contribution in [3.63, 3.8) is 0 Å². The van der Waals surface area contributed by atoms with Crippen molar-refractivity contribution in [2.24, 2.45) is 10.8 Å². The van der Waals surface area contributed by atoms with E-state index in [4.69, 9.17) is 4.74 Å². The van der Waals surface area contributed by atoms with E-state index < -0.39 is 13.9 Å². The summed E-state index contributed by atoms with van der Waals surface area (Å²) in [5, 5.41) is 40.5. The van der Waals surface area contributed by atoms with Gasteiger partial charge in [0.05, 0.1) is 40.0 Å². The molecule has 0 saturated carbocycles. The van der Waals surface area contributed by atoms with Crippen LogP contribution < -0.4 is 4.74 Å². The number of unbranched alkanes of at least 4 members (excludes halogenated alkanes) is 1. The predicted molar refractivity (Wildman–Crippen MR) is 425 cm³/mol. The maximum Gasteiger partial charge on any atom is 0.147 e. The molecule has 10 heteroatoms. The average Bonchev–Trinajstić information content (AvgIpc) is 1.55. The van der Waals surface area contributed by atoms with Gasteiger partial charge in [0, 0.05) is 69.6 Å². The molecule has 6 nitrogen and oxygen atoms in total. The summed E-state index contributed by atoms with van der Waals surface area (Å²) in [4.78, 5) is 0. The van der Waals surface area contributed by atoms with Crippen molar-refractivity contribution in [2.75, 3.05) is 6.61 Å². The van der Waals surface area contributed by atoms with E-state index in [1.54, 1.807) is 6.92 Å². The second kappa shape index (κ2) is 29.0. The molecule has 0 saturated heterocycles. The fourth-order valence-electron chi connectivity index (χ4n) is 14.4. The summed E-state index contributed by atoms with van der Waals surface area (Å²) < 4.78 is 41.0. The van der Waals surface area contributed by atoms with Crippen molar-refractivity contribution in [1.29, 1.82) is 0 Å². The van der Waals surface area contributed by atoms with Crippen LogP contribution in [0.4, 0.5) is 8.78 Å². The maximum atomic E-state index is 15.3. The number of hydrogen-bond donors (Lipinski definition) is 3. The van der Waals surface area contributed by atoms with E-state index >= 15 is 4.39 Å². The third kappa shape index (κ3) is 18.3. The van der Waals surface area contributed by atoms with Crippen molar-refractivity contribution in [3.8, 4) is 56.6 Å². The van der Waals surface area contributed by atoms with Crippen LogP contribution in [0.15, 0.2) is 121 Å². The summed E-state index contributed by atoms with van der Waals surface area (Å²) in [7, 11) is -0.861. The fraction of sp³-hybridized carbons (Fsp3) is 0.456. The number of halogens is 2. The molecule has 0 amide bonds. The molecule has 535 valence electrons. The number of nitrogens with zero attached hydrogens (tertiary/aromatic N) is 2. The van der Waals surface area contributed by atoms with E-state index in [9.17, 15) is 19.7 Å². The molecule has 2 heterocycles. The van der Waals surface area contributed by atoms with Gasteiger partial charge in [0.2, 0.25) is 0 Å². The van der Waals surface area contributed by atoms with E-state index in [0.717, 1.165) is 80.4 Å². The quantitative estimate of drug-likeness (QED) is 0.0647. The molecule has 0 aliphatic rings. The third-order valence-corrected chi connectivity index (χ3v) is 19.0. The number of phenols is 3. The van der Waals surface area contributed by atoms with Gasteiger partial charge in [0.1, 0.15) is 34.6 Å². The Morgan fingerprint density at radius 1 is 0.400 bits per heavy atom. The number of benzene rings is 8. The molecule has 0 aliphatic heterocycles. The Kier molecular flexibility index (Phi) is 23.4. The molecule has 0 spiro atoms. The van der Waals surface area contributed by atoms with Crippen LogP contribution in [-0.2, 0) is 58.3 Å². The number of fused-ring (bicyclic) bond motifs is 6. The Hall–Kier alpha value is -6.49. The molecule has 8 aromatic carbocycles. The van der Waals surface area contributed by atoms with Crippen LogP contribution in [0.25, 0.3) is 77.2 Å². The van der Waals surface area contributed by atoms with Crippen molar-refractivity contribution in [2.45, 2.75) is 251 Å². The first-order valence-electron chi connectivity index (χ1n) is 35.9. The Balaban J connectivity index is 0.000000261. The van der Waals surface area contributed by atoms with Gasteiger partial charge in [0.25, 0.3) is 0 Å².